The molecule has 0 radical (unpaired) electrons. The second-order valence-corrected chi connectivity index (χ2v) is 8.24. The summed E-state index contributed by atoms with van der Waals surface area (Å²) in [5.41, 5.74) is -1.63. The van der Waals surface area contributed by atoms with E-state index in [4.69, 9.17) is 11.6 Å². The summed E-state index contributed by atoms with van der Waals surface area (Å²) in [6.45, 7) is 3.75. The first kappa shape index (κ1) is 25.2. The minimum atomic E-state index is -4.86. The summed E-state index contributed by atoms with van der Waals surface area (Å²) in [5, 5.41) is 15.3. The van der Waals surface area contributed by atoms with Crippen LogP contribution in [0.5, 0.6) is 0 Å². The van der Waals surface area contributed by atoms with E-state index in [2.05, 4.69) is 15.6 Å². The molecule has 1 atom stereocenters. The number of aryl methyl sites for hydroxylation is 2. The predicted octanol–water partition coefficient (Wildman–Crippen LogP) is 5.63. The molecule has 0 aliphatic heterocycles. The molecule has 0 saturated heterocycles. The van der Waals surface area contributed by atoms with Crippen molar-refractivity contribution in [3.8, 4) is 0 Å². The zero-order valence-electron chi connectivity index (χ0n) is 18.4. The highest BCUT2D eigenvalue weighted by molar-refractivity contribution is 6.33. The molecule has 178 valence electrons. The molecule has 0 saturated carbocycles. The van der Waals surface area contributed by atoms with Crippen molar-refractivity contribution in [2.75, 3.05) is 10.6 Å². The molecular formula is C24H21ClF3N3O3. The van der Waals surface area contributed by atoms with Crippen LogP contribution >= 0.6 is 11.6 Å². The second kappa shape index (κ2) is 9.44. The zero-order chi connectivity index (χ0) is 25.3. The van der Waals surface area contributed by atoms with Crippen LogP contribution < -0.4 is 10.6 Å². The summed E-state index contributed by atoms with van der Waals surface area (Å²) in [6.07, 6.45) is -3.41. The lowest BCUT2D eigenvalue weighted by Gasteiger charge is -2.28. The normalized spacial score (nSPS) is 13.2. The van der Waals surface area contributed by atoms with E-state index < -0.39 is 23.6 Å². The lowest BCUT2D eigenvalue weighted by atomic mass is 9.91. The Bertz CT molecular complexity index is 1240. The lowest BCUT2D eigenvalue weighted by molar-refractivity contribution is -0.258. The van der Waals surface area contributed by atoms with Crippen LogP contribution in [0.1, 0.15) is 44.3 Å². The summed E-state index contributed by atoms with van der Waals surface area (Å²) in [6, 6.07) is 11.6. The van der Waals surface area contributed by atoms with E-state index in [1.165, 1.54) is 50.4 Å². The number of alkyl halides is 3. The van der Waals surface area contributed by atoms with Gasteiger partial charge in [-0.1, -0.05) is 29.8 Å². The molecule has 2 amide bonds. The van der Waals surface area contributed by atoms with Gasteiger partial charge in [-0.15, -0.1) is 0 Å². The third kappa shape index (κ3) is 5.21. The van der Waals surface area contributed by atoms with Crippen molar-refractivity contribution in [2.45, 2.75) is 32.5 Å². The fourth-order valence-corrected chi connectivity index (χ4v) is 3.49. The molecule has 0 aliphatic carbocycles. The predicted molar refractivity (Wildman–Crippen MR) is 123 cm³/mol. The summed E-state index contributed by atoms with van der Waals surface area (Å²) in [7, 11) is 0. The first-order valence-corrected chi connectivity index (χ1v) is 10.4. The van der Waals surface area contributed by atoms with Crippen LogP contribution in [0.4, 0.5) is 24.5 Å². The molecule has 2 aromatic carbocycles. The van der Waals surface area contributed by atoms with Gasteiger partial charge in [0.15, 0.2) is 5.60 Å². The van der Waals surface area contributed by atoms with Crippen molar-refractivity contribution in [3.05, 3.63) is 87.7 Å². The third-order valence-electron chi connectivity index (χ3n) is 5.27. The van der Waals surface area contributed by atoms with Gasteiger partial charge in [-0.05, 0) is 67.8 Å². The quantitative estimate of drug-likeness (QED) is 0.404. The van der Waals surface area contributed by atoms with Crippen LogP contribution in [0.3, 0.4) is 0 Å². The van der Waals surface area contributed by atoms with Crippen LogP contribution in [0.2, 0.25) is 5.15 Å². The zero-order valence-corrected chi connectivity index (χ0v) is 19.2. The maximum atomic E-state index is 13.2. The number of pyridine rings is 1. The maximum absolute atomic E-state index is 13.2. The third-order valence-corrected chi connectivity index (χ3v) is 5.57. The maximum Gasteiger partial charge on any atom is 0.421 e. The number of anilines is 2. The molecule has 1 heterocycles. The number of benzene rings is 2. The lowest BCUT2D eigenvalue weighted by Crippen LogP contribution is -2.39. The highest BCUT2D eigenvalue weighted by Gasteiger charge is 2.51. The minimum absolute atomic E-state index is 0.0350. The average Bonchev–Trinajstić information content (AvgIpc) is 2.75. The second-order valence-electron chi connectivity index (χ2n) is 7.89. The summed E-state index contributed by atoms with van der Waals surface area (Å²) < 4.78 is 39.6. The monoisotopic (exact) mass is 491 g/mol. The van der Waals surface area contributed by atoms with Crippen molar-refractivity contribution in [3.63, 3.8) is 0 Å². The smallest absolute Gasteiger partial charge is 0.376 e. The van der Waals surface area contributed by atoms with Crippen LogP contribution in [-0.2, 0) is 5.60 Å². The fraction of sp³-hybridized carbons (Fsp3) is 0.208. The Labute approximate surface area is 198 Å². The highest BCUT2D eigenvalue weighted by atomic mass is 35.5. The van der Waals surface area contributed by atoms with Crippen molar-refractivity contribution >= 4 is 34.8 Å². The van der Waals surface area contributed by atoms with Crippen LogP contribution in [0.15, 0.2) is 54.7 Å². The number of nitrogens with zero attached hydrogens (tertiary/aromatic N) is 1. The Kier molecular flexibility index (Phi) is 6.99. The van der Waals surface area contributed by atoms with Gasteiger partial charge in [-0.3, -0.25) is 9.59 Å². The number of halogens is 4. The molecule has 34 heavy (non-hydrogen) atoms. The Morgan fingerprint density at radius 1 is 0.971 bits per heavy atom. The molecule has 3 rings (SSSR count). The number of amides is 2. The molecule has 0 bridgehead atoms. The Balaban J connectivity index is 1.81. The number of aromatic nitrogens is 1. The molecule has 0 fully saturated rings. The van der Waals surface area contributed by atoms with Gasteiger partial charge in [0, 0.05) is 23.1 Å². The fourth-order valence-electron chi connectivity index (χ4n) is 3.28. The van der Waals surface area contributed by atoms with E-state index in [1.807, 2.05) is 0 Å². The molecule has 10 heteroatoms. The first-order chi connectivity index (χ1) is 15.8. The van der Waals surface area contributed by atoms with E-state index in [-0.39, 0.29) is 21.8 Å². The van der Waals surface area contributed by atoms with E-state index in [0.29, 0.717) is 29.4 Å². The van der Waals surface area contributed by atoms with Crippen LogP contribution in [-0.4, -0.2) is 28.1 Å². The standard InChI is InChI=1S/C24H21ClF3N3O3/c1-13-10-16(23(3,34)24(26,27)28)11-14(2)19(13)31-21(32)15-6-4-7-17(12-15)30-22(33)18-8-5-9-29-20(18)25/h4-12,34H,1-3H3,(H,30,33)(H,31,32). The van der Waals surface area contributed by atoms with Gasteiger partial charge in [0.2, 0.25) is 0 Å². The summed E-state index contributed by atoms with van der Waals surface area (Å²) >= 11 is 5.94. The number of rotatable bonds is 5. The number of carbonyl (C=O) groups excluding carboxylic acids is 2. The Hall–Kier alpha value is -3.43. The molecule has 3 N–H and O–H groups in total. The Morgan fingerprint density at radius 2 is 1.62 bits per heavy atom. The van der Waals surface area contributed by atoms with Gasteiger partial charge in [0.1, 0.15) is 5.15 Å². The van der Waals surface area contributed by atoms with Gasteiger partial charge >= 0.3 is 6.18 Å². The largest absolute Gasteiger partial charge is 0.421 e. The van der Waals surface area contributed by atoms with Crippen molar-refractivity contribution < 1.29 is 27.9 Å². The molecule has 1 unspecified atom stereocenters. The van der Waals surface area contributed by atoms with Gasteiger partial charge in [0.05, 0.1) is 5.56 Å². The number of hydrogen-bond donors (Lipinski definition) is 3. The number of hydrogen-bond acceptors (Lipinski definition) is 4. The molecule has 0 aliphatic rings. The van der Waals surface area contributed by atoms with E-state index in [9.17, 15) is 27.9 Å². The highest BCUT2D eigenvalue weighted by Crippen LogP contribution is 2.40. The van der Waals surface area contributed by atoms with Crippen LogP contribution in [0.25, 0.3) is 0 Å². The molecule has 1 aromatic heterocycles. The topological polar surface area (TPSA) is 91.3 Å². The average molecular weight is 492 g/mol. The molecule has 0 spiro atoms. The van der Waals surface area contributed by atoms with Crippen molar-refractivity contribution in [1.82, 2.24) is 4.98 Å². The van der Waals surface area contributed by atoms with E-state index in [1.54, 1.807) is 18.2 Å². The van der Waals surface area contributed by atoms with Crippen molar-refractivity contribution in [2.24, 2.45) is 0 Å². The summed E-state index contributed by atoms with van der Waals surface area (Å²) in [5.74, 6) is -1.04. The number of nitrogens with one attached hydrogen (secondary N) is 2. The van der Waals surface area contributed by atoms with E-state index >= 15 is 0 Å². The number of aliphatic hydroxyl groups is 1. The van der Waals surface area contributed by atoms with E-state index in [0.717, 1.165) is 0 Å². The van der Waals surface area contributed by atoms with Gasteiger partial charge < -0.3 is 15.7 Å². The van der Waals surface area contributed by atoms with Gasteiger partial charge in [0.25, 0.3) is 11.8 Å². The minimum Gasteiger partial charge on any atom is -0.376 e. The SMILES string of the molecule is Cc1cc(C(C)(O)C(F)(F)F)cc(C)c1NC(=O)c1cccc(NC(=O)c2cccnc2Cl)c1. The van der Waals surface area contributed by atoms with Crippen LogP contribution in [0, 0.1) is 13.8 Å². The molecular weight excluding hydrogens is 471 g/mol. The van der Waals surface area contributed by atoms with Crippen molar-refractivity contribution in [1.29, 1.82) is 0 Å². The number of carbonyl (C=O) groups is 2. The Morgan fingerprint density at radius 3 is 2.21 bits per heavy atom. The molecule has 3 aromatic rings. The first-order valence-electron chi connectivity index (χ1n) is 10.1. The van der Waals surface area contributed by atoms with Gasteiger partial charge in [-0.25, -0.2) is 4.98 Å². The van der Waals surface area contributed by atoms with Gasteiger partial charge in [-0.2, -0.15) is 13.2 Å². The molecule has 6 nitrogen and oxygen atoms in total. The summed E-state index contributed by atoms with van der Waals surface area (Å²) in [4.78, 5) is 29.1.